The average Bonchev–Trinajstić information content (AvgIpc) is 3.18. The average molecular weight is 297 g/mol. The van der Waals surface area contributed by atoms with Crippen LogP contribution in [-0.4, -0.2) is 10.2 Å². The van der Waals surface area contributed by atoms with Gasteiger partial charge in [0.1, 0.15) is 0 Å². The number of hydrogen-bond donors (Lipinski definition) is 2. The summed E-state index contributed by atoms with van der Waals surface area (Å²) in [7, 11) is 0. The van der Waals surface area contributed by atoms with Crippen LogP contribution in [0.1, 0.15) is 24.5 Å². The monoisotopic (exact) mass is 297 g/mol. The van der Waals surface area contributed by atoms with Crippen LogP contribution >= 0.6 is 11.3 Å². The summed E-state index contributed by atoms with van der Waals surface area (Å²) in [6.07, 6.45) is 4.23. The Labute approximate surface area is 129 Å². The third-order valence-electron chi connectivity index (χ3n) is 3.46. The fourth-order valence-electron chi connectivity index (χ4n) is 2.35. The van der Waals surface area contributed by atoms with E-state index >= 15 is 0 Å². The number of rotatable bonds is 6. The minimum Gasteiger partial charge on any atom is -0.381 e. The zero-order valence-electron chi connectivity index (χ0n) is 12.1. The van der Waals surface area contributed by atoms with Gasteiger partial charge in [-0.05, 0) is 35.6 Å². The number of aryl methyl sites for hydroxylation is 1. The smallest absolute Gasteiger partial charge is 0.0799 e. The maximum absolute atomic E-state index is 4.17. The number of H-pyrrole nitrogens is 1. The normalized spacial score (nSPS) is 10.7. The molecule has 0 aliphatic heterocycles. The van der Waals surface area contributed by atoms with Crippen LogP contribution in [0.25, 0.3) is 10.6 Å². The first-order valence-electron chi connectivity index (χ1n) is 7.25. The van der Waals surface area contributed by atoms with Gasteiger partial charge in [0.15, 0.2) is 0 Å². The van der Waals surface area contributed by atoms with Crippen molar-refractivity contribution in [3.63, 3.8) is 0 Å². The summed E-state index contributed by atoms with van der Waals surface area (Å²) < 4.78 is 0. The zero-order valence-corrected chi connectivity index (χ0v) is 12.9. The van der Waals surface area contributed by atoms with Crippen molar-refractivity contribution < 1.29 is 0 Å². The highest BCUT2D eigenvalue weighted by Crippen LogP contribution is 2.26. The Balaban J connectivity index is 1.67. The van der Waals surface area contributed by atoms with E-state index in [0.717, 1.165) is 24.3 Å². The van der Waals surface area contributed by atoms with Crippen molar-refractivity contribution in [3.8, 4) is 10.6 Å². The van der Waals surface area contributed by atoms with Gasteiger partial charge in [0, 0.05) is 17.8 Å². The summed E-state index contributed by atoms with van der Waals surface area (Å²) in [4.78, 5) is 1.22. The second-order valence-corrected chi connectivity index (χ2v) is 6.00. The van der Waals surface area contributed by atoms with Gasteiger partial charge in [0.25, 0.3) is 0 Å². The number of aromatic nitrogens is 2. The molecule has 0 bridgehead atoms. The third kappa shape index (κ3) is 3.34. The van der Waals surface area contributed by atoms with Gasteiger partial charge >= 0.3 is 0 Å². The Hall–Kier alpha value is -2.07. The molecule has 0 saturated carbocycles. The zero-order chi connectivity index (χ0) is 14.5. The molecule has 3 nitrogen and oxygen atoms in total. The van der Waals surface area contributed by atoms with Gasteiger partial charge in [0.05, 0.1) is 16.8 Å². The Morgan fingerprint density at radius 3 is 2.76 bits per heavy atom. The molecule has 2 heterocycles. The molecule has 2 aromatic heterocycles. The van der Waals surface area contributed by atoms with Crippen molar-refractivity contribution in [3.05, 3.63) is 59.1 Å². The van der Waals surface area contributed by atoms with E-state index in [1.807, 2.05) is 6.20 Å². The lowest BCUT2D eigenvalue weighted by molar-refractivity contribution is 0.922. The molecule has 0 aliphatic carbocycles. The number of hydrogen-bond acceptors (Lipinski definition) is 3. The van der Waals surface area contributed by atoms with Gasteiger partial charge < -0.3 is 5.32 Å². The molecular weight excluding hydrogens is 278 g/mol. The third-order valence-corrected chi connectivity index (χ3v) is 4.35. The van der Waals surface area contributed by atoms with Gasteiger partial charge in [-0.15, -0.1) is 11.3 Å². The maximum Gasteiger partial charge on any atom is 0.0799 e. The molecule has 3 rings (SSSR count). The molecule has 2 N–H and O–H groups in total. The second kappa shape index (κ2) is 6.59. The molecule has 108 valence electrons. The molecular formula is C17H19N3S. The van der Waals surface area contributed by atoms with Crippen LogP contribution in [-0.2, 0) is 13.0 Å². The summed E-state index contributed by atoms with van der Waals surface area (Å²) in [5.74, 6) is 0. The highest BCUT2D eigenvalue weighted by Gasteiger charge is 2.08. The molecule has 0 unspecified atom stereocenters. The summed E-state index contributed by atoms with van der Waals surface area (Å²) in [6.45, 7) is 2.98. The van der Waals surface area contributed by atoms with Gasteiger partial charge in [0.2, 0.25) is 0 Å². The van der Waals surface area contributed by atoms with Crippen molar-refractivity contribution in [2.45, 2.75) is 26.3 Å². The van der Waals surface area contributed by atoms with Gasteiger partial charge in [-0.2, -0.15) is 5.10 Å². The van der Waals surface area contributed by atoms with E-state index in [4.69, 9.17) is 0 Å². The lowest BCUT2D eigenvalue weighted by atomic mass is 10.1. The molecule has 0 saturated heterocycles. The number of aromatic amines is 1. The Morgan fingerprint density at radius 2 is 2.05 bits per heavy atom. The molecule has 0 amide bonds. The molecule has 0 atom stereocenters. The first-order chi connectivity index (χ1) is 10.4. The van der Waals surface area contributed by atoms with E-state index in [-0.39, 0.29) is 0 Å². The molecule has 21 heavy (non-hydrogen) atoms. The highest BCUT2D eigenvalue weighted by atomic mass is 32.1. The van der Waals surface area contributed by atoms with Crippen molar-refractivity contribution in [1.29, 1.82) is 0 Å². The summed E-state index contributed by atoms with van der Waals surface area (Å²) >= 11 is 1.72. The largest absolute Gasteiger partial charge is 0.381 e. The van der Waals surface area contributed by atoms with Crippen LogP contribution in [0, 0.1) is 0 Å². The molecule has 4 heteroatoms. The number of nitrogens with one attached hydrogen (secondary N) is 2. The van der Waals surface area contributed by atoms with Crippen LogP contribution in [0.15, 0.2) is 48.0 Å². The van der Waals surface area contributed by atoms with Gasteiger partial charge in [-0.1, -0.05) is 31.5 Å². The lowest BCUT2D eigenvalue weighted by Gasteiger charge is -2.07. The van der Waals surface area contributed by atoms with E-state index in [2.05, 4.69) is 64.2 Å². The van der Waals surface area contributed by atoms with Crippen molar-refractivity contribution in [1.82, 2.24) is 10.2 Å². The van der Waals surface area contributed by atoms with Gasteiger partial charge in [-0.3, -0.25) is 5.10 Å². The lowest BCUT2D eigenvalue weighted by Crippen LogP contribution is -1.99. The molecule has 1 aromatic carbocycles. The topological polar surface area (TPSA) is 40.7 Å². The minimum atomic E-state index is 0.775. The minimum absolute atomic E-state index is 0.775. The maximum atomic E-state index is 4.17. The van der Waals surface area contributed by atoms with E-state index in [1.165, 1.54) is 22.4 Å². The fourth-order valence-corrected chi connectivity index (χ4v) is 3.11. The predicted molar refractivity (Wildman–Crippen MR) is 89.7 cm³/mol. The van der Waals surface area contributed by atoms with E-state index in [1.54, 1.807) is 11.3 Å². The van der Waals surface area contributed by atoms with Crippen LogP contribution in [0.4, 0.5) is 5.69 Å². The van der Waals surface area contributed by atoms with Crippen molar-refractivity contribution in [2.24, 2.45) is 0 Å². The summed E-state index contributed by atoms with van der Waals surface area (Å²) in [5, 5.41) is 12.8. The molecule has 0 aliphatic rings. The number of anilines is 1. The van der Waals surface area contributed by atoms with Crippen LogP contribution in [0.2, 0.25) is 0 Å². The SMILES string of the molecule is CCCc1ccc(NCc2cn[nH]c2-c2cccs2)cc1. The van der Waals surface area contributed by atoms with Gasteiger partial charge in [-0.25, -0.2) is 0 Å². The van der Waals surface area contributed by atoms with E-state index < -0.39 is 0 Å². The van der Waals surface area contributed by atoms with Crippen LogP contribution < -0.4 is 5.32 Å². The number of benzene rings is 1. The van der Waals surface area contributed by atoms with Crippen LogP contribution in [0.5, 0.6) is 0 Å². The van der Waals surface area contributed by atoms with Crippen LogP contribution in [0.3, 0.4) is 0 Å². The Bertz CT molecular complexity index is 668. The number of nitrogens with zero attached hydrogens (tertiary/aromatic N) is 1. The highest BCUT2D eigenvalue weighted by molar-refractivity contribution is 7.13. The van der Waals surface area contributed by atoms with E-state index in [9.17, 15) is 0 Å². The fraction of sp³-hybridized carbons (Fsp3) is 0.235. The molecule has 0 fully saturated rings. The summed E-state index contributed by atoms with van der Waals surface area (Å²) in [5.41, 5.74) is 4.84. The quantitative estimate of drug-likeness (QED) is 0.692. The molecule has 3 aromatic rings. The molecule has 0 spiro atoms. The first-order valence-corrected chi connectivity index (χ1v) is 8.13. The second-order valence-electron chi connectivity index (χ2n) is 5.05. The first kappa shape index (κ1) is 13.9. The molecule has 0 radical (unpaired) electrons. The van der Waals surface area contributed by atoms with Crippen molar-refractivity contribution in [2.75, 3.05) is 5.32 Å². The predicted octanol–water partition coefficient (Wildman–Crippen LogP) is 4.70. The summed E-state index contributed by atoms with van der Waals surface area (Å²) in [6, 6.07) is 12.9. The standard InChI is InChI=1S/C17H19N3S/c1-2-4-13-6-8-15(9-7-13)18-11-14-12-19-20-17(14)16-5-3-10-21-16/h3,5-10,12,18H,2,4,11H2,1H3,(H,19,20). The van der Waals surface area contributed by atoms with E-state index in [0.29, 0.717) is 0 Å². The van der Waals surface area contributed by atoms with Crippen molar-refractivity contribution >= 4 is 17.0 Å². The number of thiophene rings is 1. The Kier molecular flexibility index (Phi) is 4.36. The Morgan fingerprint density at radius 1 is 1.19 bits per heavy atom.